The van der Waals surface area contributed by atoms with Crippen molar-refractivity contribution < 1.29 is 9.63 Å². The molecule has 0 spiro atoms. The highest BCUT2D eigenvalue weighted by atomic mass is 35.5. The highest BCUT2D eigenvalue weighted by molar-refractivity contribution is 6.32. The monoisotopic (exact) mass is 252 g/mol. The molecule has 4 nitrogen and oxygen atoms in total. The summed E-state index contributed by atoms with van der Waals surface area (Å²) in [5, 5.41) is 13.5. The lowest BCUT2D eigenvalue weighted by Crippen LogP contribution is -1.93. The van der Waals surface area contributed by atoms with Crippen molar-refractivity contribution in [2.24, 2.45) is 0 Å². The molecule has 90 valence electrons. The fraction of sp³-hybridized carbons (Fsp3) is 0.333. The first-order valence-electron chi connectivity index (χ1n) is 5.44. The minimum absolute atomic E-state index is 0.0390. The molecule has 0 radical (unpaired) electrons. The first kappa shape index (κ1) is 11.9. The second-order valence-electron chi connectivity index (χ2n) is 3.93. The van der Waals surface area contributed by atoms with Crippen molar-refractivity contribution in [1.29, 1.82) is 0 Å². The number of aromatic nitrogens is 2. The Kier molecular flexibility index (Phi) is 3.33. The van der Waals surface area contributed by atoms with Gasteiger partial charge in [0.05, 0.1) is 5.02 Å². The lowest BCUT2D eigenvalue weighted by molar-refractivity contribution is 0.416. The number of nitrogens with zero attached hydrogens (tertiary/aromatic N) is 2. The maximum Gasteiger partial charge on any atom is 0.257 e. The Morgan fingerprint density at radius 2 is 2.24 bits per heavy atom. The van der Waals surface area contributed by atoms with Gasteiger partial charge in [-0.05, 0) is 24.6 Å². The Hall–Kier alpha value is -1.55. The maximum absolute atomic E-state index is 9.32. The Morgan fingerprint density at radius 3 is 2.88 bits per heavy atom. The largest absolute Gasteiger partial charge is 0.506 e. The number of benzene rings is 1. The standard InChI is InChI=1S/C12H13ClN2O2/c1-3-7(2)11-14-12(17-15-11)8-4-5-10(16)9(13)6-8/h4-7,16H,3H2,1-2H3. The average molecular weight is 253 g/mol. The summed E-state index contributed by atoms with van der Waals surface area (Å²) in [6.45, 7) is 4.11. The van der Waals surface area contributed by atoms with Gasteiger partial charge in [-0.3, -0.25) is 0 Å². The van der Waals surface area contributed by atoms with Crippen LogP contribution < -0.4 is 0 Å². The predicted octanol–water partition coefficient (Wildman–Crippen LogP) is 3.61. The van der Waals surface area contributed by atoms with Gasteiger partial charge in [0.25, 0.3) is 5.89 Å². The molecule has 1 heterocycles. The number of halogens is 1. The van der Waals surface area contributed by atoms with Crippen LogP contribution >= 0.6 is 11.6 Å². The van der Waals surface area contributed by atoms with Crippen LogP contribution in [0.4, 0.5) is 0 Å². The lowest BCUT2D eigenvalue weighted by atomic mass is 10.1. The summed E-state index contributed by atoms with van der Waals surface area (Å²) in [5.74, 6) is 1.41. The molecule has 0 bridgehead atoms. The second-order valence-corrected chi connectivity index (χ2v) is 4.34. The van der Waals surface area contributed by atoms with Gasteiger partial charge in [0.2, 0.25) is 0 Å². The smallest absolute Gasteiger partial charge is 0.257 e. The van der Waals surface area contributed by atoms with Crippen molar-refractivity contribution in [3.8, 4) is 17.2 Å². The molecule has 0 aliphatic heterocycles. The van der Waals surface area contributed by atoms with E-state index in [1.54, 1.807) is 12.1 Å². The summed E-state index contributed by atoms with van der Waals surface area (Å²) in [4.78, 5) is 4.30. The highest BCUT2D eigenvalue weighted by Crippen LogP contribution is 2.29. The van der Waals surface area contributed by atoms with Crippen LogP contribution in [0.25, 0.3) is 11.5 Å². The lowest BCUT2D eigenvalue weighted by Gasteiger charge is -1.99. The van der Waals surface area contributed by atoms with Gasteiger partial charge >= 0.3 is 0 Å². The minimum atomic E-state index is 0.0390. The molecule has 1 N–H and O–H groups in total. The van der Waals surface area contributed by atoms with E-state index in [1.165, 1.54) is 6.07 Å². The van der Waals surface area contributed by atoms with Crippen LogP contribution in [-0.4, -0.2) is 15.2 Å². The number of aromatic hydroxyl groups is 1. The van der Waals surface area contributed by atoms with Crippen molar-refractivity contribution in [2.75, 3.05) is 0 Å². The van der Waals surface area contributed by atoms with Crippen molar-refractivity contribution in [1.82, 2.24) is 10.1 Å². The quantitative estimate of drug-likeness (QED) is 0.907. The molecule has 1 aromatic carbocycles. The zero-order chi connectivity index (χ0) is 12.4. The number of hydrogen-bond donors (Lipinski definition) is 1. The van der Waals surface area contributed by atoms with Gasteiger partial charge in [-0.25, -0.2) is 0 Å². The minimum Gasteiger partial charge on any atom is -0.506 e. The van der Waals surface area contributed by atoms with Crippen molar-refractivity contribution in [3.63, 3.8) is 0 Å². The van der Waals surface area contributed by atoms with Crippen LogP contribution in [-0.2, 0) is 0 Å². The molecule has 0 saturated carbocycles. The summed E-state index contributed by atoms with van der Waals surface area (Å²) < 4.78 is 5.17. The van der Waals surface area contributed by atoms with Crippen LogP contribution in [0.3, 0.4) is 0 Å². The fourth-order valence-corrected chi connectivity index (χ4v) is 1.56. The van der Waals surface area contributed by atoms with E-state index in [0.717, 1.165) is 6.42 Å². The van der Waals surface area contributed by atoms with E-state index >= 15 is 0 Å². The van der Waals surface area contributed by atoms with Crippen molar-refractivity contribution in [2.45, 2.75) is 26.2 Å². The van der Waals surface area contributed by atoms with Gasteiger partial charge in [-0.1, -0.05) is 30.6 Å². The van der Waals surface area contributed by atoms with E-state index in [0.29, 0.717) is 17.3 Å². The van der Waals surface area contributed by atoms with E-state index in [-0.39, 0.29) is 16.7 Å². The molecule has 0 saturated heterocycles. The molecule has 0 aliphatic rings. The first-order valence-corrected chi connectivity index (χ1v) is 5.82. The summed E-state index contributed by atoms with van der Waals surface area (Å²) in [7, 11) is 0. The van der Waals surface area contributed by atoms with Crippen molar-refractivity contribution >= 4 is 11.6 Å². The normalized spacial score (nSPS) is 12.6. The number of phenols is 1. The van der Waals surface area contributed by atoms with E-state index in [9.17, 15) is 5.11 Å². The molecule has 1 unspecified atom stereocenters. The third-order valence-corrected chi connectivity index (χ3v) is 2.99. The third-order valence-electron chi connectivity index (χ3n) is 2.69. The fourth-order valence-electron chi connectivity index (χ4n) is 1.37. The third kappa shape index (κ3) is 2.42. The van der Waals surface area contributed by atoms with Gasteiger partial charge in [0, 0.05) is 11.5 Å². The zero-order valence-corrected chi connectivity index (χ0v) is 10.4. The Labute approximate surface area is 104 Å². The van der Waals surface area contributed by atoms with E-state index in [4.69, 9.17) is 16.1 Å². The van der Waals surface area contributed by atoms with E-state index in [2.05, 4.69) is 17.1 Å². The molecule has 5 heteroatoms. The maximum atomic E-state index is 9.32. The molecular formula is C12H13ClN2O2. The molecule has 0 fully saturated rings. The number of rotatable bonds is 3. The van der Waals surface area contributed by atoms with Gasteiger partial charge < -0.3 is 9.63 Å². The molecule has 0 amide bonds. The highest BCUT2D eigenvalue weighted by Gasteiger charge is 2.14. The SMILES string of the molecule is CCC(C)c1noc(-c2ccc(O)c(Cl)c2)n1. The predicted molar refractivity (Wildman–Crippen MR) is 65.1 cm³/mol. The molecule has 2 rings (SSSR count). The van der Waals surface area contributed by atoms with Crippen LogP contribution in [0.1, 0.15) is 32.0 Å². The summed E-state index contributed by atoms with van der Waals surface area (Å²) in [6, 6.07) is 4.80. The second kappa shape index (κ2) is 4.75. The average Bonchev–Trinajstić information content (AvgIpc) is 2.81. The molecule has 17 heavy (non-hydrogen) atoms. The van der Waals surface area contributed by atoms with E-state index < -0.39 is 0 Å². The van der Waals surface area contributed by atoms with Crippen LogP contribution in [0.2, 0.25) is 5.02 Å². The Bertz CT molecular complexity index is 525. The summed E-state index contributed by atoms with van der Waals surface area (Å²) >= 11 is 5.82. The first-order chi connectivity index (χ1) is 8.11. The molecular weight excluding hydrogens is 240 g/mol. The molecule has 2 aromatic rings. The van der Waals surface area contributed by atoms with Crippen LogP contribution in [0, 0.1) is 0 Å². The van der Waals surface area contributed by atoms with Crippen molar-refractivity contribution in [3.05, 3.63) is 29.0 Å². The topological polar surface area (TPSA) is 59.2 Å². The van der Waals surface area contributed by atoms with Crippen LogP contribution in [0.15, 0.2) is 22.7 Å². The van der Waals surface area contributed by atoms with Crippen LogP contribution in [0.5, 0.6) is 5.75 Å². The number of phenolic OH excluding ortho intramolecular Hbond substituents is 1. The summed E-state index contributed by atoms with van der Waals surface area (Å²) in [5.41, 5.74) is 0.704. The Morgan fingerprint density at radius 1 is 1.47 bits per heavy atom. The van der Waals surface area contributed by atoms with E-state index in [1.807, 2.05) is 6.92 Å². The van der Waals surface area contributed by atoms with Gasteiger partial charge in [-0.15, -0.1) is 0 Å². The number of hydrogen-bond acceptors (Lipinski definition) is 4. The van der Waals surface area contributed by atoms with Gasteiger partial charge in [0.15, 0.2) is 5.82 Å². The zero-order valence-electron chi connectivity index (χ0n) is 9.64. The summed E-state index contributed by atoms with van der Waals surface area (Å²) in [6.07, 6.45) is 0.954. The van der Waals surface area contributed by atoms with Gasteiger partial charge in [0.1, 0.15) is 5.75 Å². The molecule has 1 atom stereocenters. The molecule has 0 aliphatic carbocycles. The Balaban J connectivity index is 2.33. The molecule has 1 aromatic heterocycles. The van der Waals surface area contributed by atoms with Gasteiger partial charge in [-0.2, -0.15) is 4.98 Å².